The first-order valence-electron chi connectivity index (χ1n) is 8.71. The average molecular weight is 268 g/mol. The van der Waals surface area contributed by atoms with Crippen molar-refractivity contribution < 1.29 is 0 Å². The molecule has 0 aromatic carbocycles. The molecule has 1 N–H and O–H groups in total. The van der Waals surface area contributed by atoms with Crippen LogP contribution >= 0.6 is 0 Å². The summed E-state index contributed by atoms with van der Waals surface area (Å²) in [6.45, 7) is 8.55. The van der Waals surface area contributed by atoms with Gasteiger partial charge in [-0.3, -0.25) is 0 Å². The normalized spacial score (nSPS) is 24.6. The zero-order valence-corrected chi connectivity index (χ0v) is 13.6. The van der Waals surface area contributed by atoms with Crippen LogP contribution in [-0.4, -0.2) is 37.6 Å². The lowest BCUT2D eigenvalue weighted by molar-refractivity contribution is 0.192. The van der Waals surface area contributed by atoms with Crippen LogP contribution in [0.25, 0.3) is 0 Å². The molecule has 2 unspecified atom stereocenters. The van der Waals surface area contributed by atoms with Crippen LogP contribution in [0, 0.1) is 5.92 Å². The lowest BCUT2D eigenvalue weighted by Crippen LogP contribution is -2.41. The van der Waals surface area contributed by atoms with E-state index in [1.54, 1.807) is 0 Å². The van der Waals surface area contributed by atoms with Crippen molar-refractivity contribution >= 4 is 0 Å². The van der Waals surface area contributed by atoms with E-state index in [1.165, 1.54) is 77.4 Å². The number of nitrogens with one attached hydrogen (secondary N) is 1. The zero-order valence-electron chi connectivity index (χ0n) is 13.6. The molecule has 0 saturated heterocycles. The molecular weight excluding hydrogens is 232 g/mol. The third-order valence-electron chi connectivity index (χ3n) is 4.68. The van der Waals surface area contributed by atoms with Gasteiger partial charge in [0.15, 0.2) is 0 Å². The van der Waals surface area contributed by atoms with Crippen LogP contribution in [0.2, 0.25) is 0 Å². The van der Waals surface area contributed by atoms with Crippen molar-refractivity contribution in [2.24, 2.45) is 5.92 Å². The summed E-state index contributed by atoms with van der Waals surface area (Å²) in [4.78, 5) is 2.74. The van der Waals surface area contributed by atoms with E-state index in [9.17, 15) is 0 Å². The van der Waals surface area contributed by atoms with Crippen LogP contribution in [0.1, 0.15) is 71.6 Å². The number of unbranched alkanes of at least 4 members (excludes halogenated alkanes) is 2. The van der Waals surface area contributed by atoms with Crippen molar-refractivity contribution in [1.82, 2.24) is 10.2 Å². The Kier molecular flexibility index (Phi) is 9.54. The maximum absolute atomic E-state index is 3.58. The van der Waals surface area contributed by atoms with E-state index < -0.39 is 0 Å². The molecule has 0 amide bonds. The van der Waals surface area contributed by atoms with Gasteiger partial charge in [-0.2, -0.15) is 0 Å². The second kappa shape index (κ2) is 10.7. The van der Waals surface area contributed by atoms with Crippen molar-refractivity contribution in [3.05, 3.63) is 0 Å². The second-order valence-corrected chi connectivity index (χ2v) is 6.30. The topological polar surface area (TPSA) is 15.3 Å². The highest BCUT2D eigenvalue weighted by Gasteiger charge is 2.24. The molecule has 1 fully saturated rings. The van der Waals surface area contributed by atoms with E-state index >= 15 is 0 Å². The maximum Gasteiger partial charge on any atom is 0.0104 e. The molecule has 114 valence electrons. The first kappa shape index (κ1) is 17.0. The molecule has 0 aromatic heterocycles. The summed E-state index contributed by atoms with van der Waals surface area (Å²) < 4.78 is 0. The zero-order chi connectivity index (χ0) is 13.9. The maximum atomic E-state index is 3.58. The van der Waals surface area contributed by atoms with Crippen LogP contribution in [-0.2, 0) is 0 Å². The van der Waals surface area contributed by atoms with Crippen LogP contribution in [0.15, 0.2) is 0 Å². The molecule has 2 atom stereocenters. The number of rotatable bonds is 9. The molecule has 0 aromatic rings. The standard InChI is InChI=1S/C17H36N2/c1-4-6-13-19(14-7-5-2)15-16-11-9-8-10-12-17(16)18-3/h16-18H,4-15H2,1-3H3. The molecule has 0 bridgehead atoms. The summed E-state index contributed by atoms with van der Waals surface area (Å²) in [5.41, 5.74) is 0. The van der Waals surface area contributed by atoms with Gasteiger partial charge in [-0.25, -0.2) is 0 Å². The molecule has 0 spiro atoms. The van der Waals surface area contributed by atoms with E-state index in [2.05, 4.69) is 31.1 Å². The summed E-state index contributed by atoms with van der Waals surface area (Å²) in [6, 6.07) is 0.758. The van der Waals surface area contributed by atoms with E-state index in [0.29, 0.717) is 0 Å². The lowest BCUT2D eigenvalue weighted by atomic mass is 9.94. The SMILES string of the molecule is CCCCN(CCCC)CC1CCCCCC1NC. The molecule has 1 rings (SSSR count). The van der Waals surface area contributed by atoms with Gasteiger partial charge in [-0.05, 0) is 51.7 Å². The van der Waals surface area contributed by atoms with Crippen LogP contribution in [0.5, 0.6) is 0 Å². The van der Waals surface area contributed by atoms with Crippen molar-refractivity contribution in [2.45, 2.75) is 77.7 Å². The van der Waals surface area contributed by atoms with Gasteiger partial charge in [-0.15, -0.1) is 0 Å². The Balaban J connectivity index is 2.47. The van der Waals surface area contributed by atoms with Gasteiger partial charge >= 0.3 is 0 Å². The lowest BCUT2D eigenvalue weighted by Gasteiger charge is -2.31. The molecular formula is C17H36N2. The van der Waals surface area contributed by atoms with Gasteiger partial charge in [0.05, 0.1) is 0 Å². The Bertz CT molecular complexity index is 197. The average Bonchev–Trinajstić information content (AvgIpc) is 2.66. The fraction of sp³-hybridized carbons (Fsp3) is 1.00. The fourth-order valence-electron chi connectivity index (χ4n) is 3.37. The van der Waals surface area contributed by atoms with Crippen LogP contribution < -0.4 is 5.32 Å². The minimum atomic E-state index is 0.758. The third kappa shape index (κ3) is 6.76. The van der Waals surface area contributed by atoms with E-state index in [4.69, 9.17) is 0 Å². The van der Waals surface area contributed by atoms with Crippen molar-refractivity contribution in [1.29, 1.82) is 0 Å². The highest BCUT2D eigenvalue weighted by molar-refractivity contribution is 4.81. The van der Waals surface area contributed by atoms with E-state index in [-0.39, 0.29) is 0 Å². The highest BCUT2D eigenvalue weighted by Crippen LogP contribution is 2.24. The van der Waals surface area contributed by atoms with Gasteiger partial charge in [0.1, 0.15) is 0 Å². The minimum absolute atomic E-state index is 0.758. The van der Waals surface area contributed by atoms with E-state index in [1.807, 2.05) is 0 Å². The minimum Gasteiger partial charge on any atom is -0.317 e. The Morgan fingerprint density at radius 2 is 1.58 bits per heavy atom. The van der Waals surface area contributed by atoms with Crippen molar-refractivity contribution in [3.63, 3.8) is 0 Å². The predicted octanol–water partition coefficient (Wildman–Crippen LogP) is 4.06. The predicted molar refractivity (Wildman–Crippen MR) is 85.7 cm³/mol. The fourth-order valence-corrected chi connectivity index (χ4v) is 3.37. The van der Waals surface area contributed by atoms with Gasteiger partial charge in [0.25, 0.3) is 0 Å². The van der Waals surface area contributed by atoms with Crippen molar-refractivity contribution in [2.75, 3.05) is 26.7 Å². The Morgan fingerprint density at radius 3 is 2.16 bits per heavy atom. The molecule has 2 heteroatoms. The Hall–Kier alpha value is -0.0800. The monoisotopic (exact) mass is 268 g/mol. The third-order valence-corrected chi connectivity index (χ3v) is 4.68. The quantitative estimate of drug-likeness (QED) is 0.635. The molecule has 1 saturated carbocycles. The summed E-state index contributed by atoms with van der Waals surface area (Å²) in [7, 11) is 2.16. The molecule has 0 radical (unpaired) electrons. The summed E-state index contributed by atoms with van der Waals surface area (Å²) in [6.07, 6.45) is 12.5. The number of nitrogens with zero attached hydrogens (tertiary/aromatic N) is 1. The molecule has 0 heterocycles. The molecule has 2 nitrogen and oxygen atoms in total. The van der Waals surface area contributed by atoms with Crippen molar-refractivity contribution in [3.8, 4) is 0 Å². The van der Waals surface area contributed by atoms with Gasteiger partial charge < -0.3 is 10.2 Å². The summed E-state index contributed by atoms with van der Waals surface area (Å²) >= 11 is 0. The van der Waals surface area contributed by atoms with E-state index in [0.717, 1.165) is 12.0 Å². The smallest absolute Gasteiger partial charge is 0.0104 e. The Labute approximate surface area is 121 Å². The number of hydrogen-bond acceptors (Lipinski definition) is 2. The molecule has 1 aliphatic rings. The first-order valence-corrected chi connectivity index (χ1v) is 8.71. The number of hydrogen-bond donors (Lipinski definition) is 1. The van der Waals surface area contributed by atoms with Gasteiger partial charge in [0.2, 0.25) is 0 Å². The van der Waals surface area contributed by atoms with Gasteiger partial charge in [-0.1, -0.05) is 46.0 Å². The molecule has 0 aliphatic heterocycles. The summed E-state index contributed by atoms with van der Waals surface area (Å²) in [5, 5.41) is 3.58. The van der Waals surface area contributed by atoms with Crippen LogP contribution in [0.4, 0.5) is 0 Å². The largest absolute Gasteiger partial charge is 0.317 e. The summed E-state index contributed by atoms with van der Waals surface area (Å²) in [5.74, 6) is 0.876. The Morgan fingerprint density at radius 1 is 0.947 bits per heavy atom. The molecule has 1 aliphatic carbocycles. The highest BCUT2D eigenvalue weighted by atomic mass is 15.1. The molecule has 19 heavy (non-hydrogen) atoms. The van der Waals surface area contributed by atoms with Crippen LogP contribution in [0.3, 0.4) is 0 Å². The van der Waals surface area contributed by atoms with Gasteiger partial charge in [0, 0.05) is 12.6 Å². The second-order valence-electron chi connectivity index (χ2n) is 6.30. The first-order chi connectivity index (χ1) is 9.31.